The number of nitrogens with one attached hydrogen (secondary N) is 2. The van der Waals surface area contributed by atoms with Gasteiger partial charge in [-0.2, -0.15) is 15.0 Å². The Morgan fingerprint density at radius 1 is 1.20 bits per heavy atom. The van der Waals surface area contributed by atoms with Crippen LogP contribution in [-0.4, -0.2) is 47.5 Å². The fourth-order valence-corrected chi connectivity index (χ4v) is 2.09. The molecular formula is C12H21N7O. The molecule has 8 nitrogen and oxygen atoms in total. The lowest BCUT2D eigenvalue weighted by Gasteiger charge is -2.26. The minimum Gasteiger partial charge on any atom is -0.370 e. The van der Waals surface area contributed by atoms with E-state index < -0.39 is 0 Å². The number of hydrogen-bond acceptors (Lipinski definition) is 7. The predicted octanol–water partition coefficient (Wildman–Crippen LogP) is 0.191. The second-order valence-corrected chi connectivity index (χ2v) is 4.72. The predicted molar refractivity (Wildman–Crippen MR) is 77.7 cm³/mol. The van der Waals surface area contributed by atoms with E-state index in [9.17, 15) is 4.79 Å². The van der Waals surface area contributed by atoms with Crippen LogP contribution >= 0.6 is 0 Å². The summed E-state index contributed by atoms with van der Waals surface area (Å²) in [5.41, 5.74) is 5.11. The molecule has 1 aromatic heterocycles. The molecule has 0 atom stereocenters. The molecule has 0 radical (unpaired) electrons. The number of nitrogens with two attached hydrogens (primary N) is 1. The number of hydrogen-bond donors (Lipinski definition) is 3. The highest BCUT2D eigenvalue weighted by molar-refractivity contribution is 5.74. The first-order chi connectivity index (χ1) is 9.69. The number of nitrogens with zero attached hydrogens (tertiary/aromatic N) is 4. The first kappa shape index (κ1) is 14.3. The summed E-state index contributed by atoms with van der Waals surface area (Å²) in [6.07, 6.45) is 3.82. The van der Waals surface area contributed by atoms with Crippen molar-refractivity contribution in [2.45, 2.75) is 25.7 Å². The van der Waals surface area contributed by atoms with Crippen LogP contribution in [0.3, 0.4) is 0 Å². The van der Waals surface area contributed by atoms with Crippen molar-refractivity contribution in [2.75, 3.05) is 42.2 Å². The molecule has 4 N–H and O–H groups in total. The van der Waals surface area contributed by atoms with Crippen molar-refractivity contribution in [3.63, 3.8) is 0 Å². The van der Waals surface area contributed by atoms with Gasteiger partial charge < -0.3 is 21.3 Å². The Morgan fingerprint density at radius 3 is 2.55 bits per heavy atom. The molecule has 20 heavy (non-hydrogen) atoms. The fraction of sp³-hybridized carbons (Fsp3) is 0.667. The first-order valence-electron chi connectivity index (χ1n) is 6.90. The lowest BCUT2D eigenvalue weighted by Crippen LogP contribution is -2.31. The molecule has 1 amide bonds. The van der Waals surface area contributed by atoms with Crippen LogP contribution in [0.1, 0.15) is 25.7 Å². The van der Waals surface area contributed by atoms with Gasteiger partial charge in [0, 0.05) is 33.1 Å². The van der Waals surface area contributed by atoms with Crippen molar-refractivity contribution in [3.8, 4) is 0 Å². The molecule has 0 bridgehead atoms. The van der Waals surface area contributed by atoms with E-state index in [2.05, 4.69) is 30.5 Å². The van der Waals surface area contributed by atoms with Gasteiger partial charge in [0.05, 0.1) is 0 Å². The SMILES string of the molecule is CNc1nc(NCCC(N)=O)nc(N2CCCCC2)n1. The van der Waals surface area contributed by atoms with Crippen molar-refractivity contribution in [3.05, 3.63) is 0 Å². The van der Waals surface area contributed by atoms with E-state index in [1.807, 2.05) is 0 Å². The van der Waals surface area contributed by atoms with Gasteiger partial charge in [0.15, 0.2) is 0 Å². The zero-order valence-corrected chi connectivity index (χ0v) is 11.7. The summed E-state index contributed by atoms with van der Waals surface area (Å²) >= 11 is 0. The molecular weight excluding hydrogens is 258 g/mol. The molecule has 0 spiro atoms. The minimum absolute atomic E-state index is 0.250. The highest BCUT2D eigenvalue weighted by Crippen LogP contribution is 2.18. The molecule has 1 fully saturated rings. The van der Waals surface area contributed by atoms with Crippen molar-refractivity contribution in [1.82, 2.24) is 15.0 Å². The molecule has 2 heterocycles. The van der Waals surface area contributed by atoms with Crippen molar-refractivity contribution >= 4 is 23.8 Å². The topological polar surface area (TPSA) is 109 Å². The van der Waals surface area contributed by atoms with Gasteiger partial charge in [0.1, 0.15) is 0 Å². The second kappa shape index (κ2) is 6.88. The van der Waals surface area contributed by atoms with Crippen LogP contribution in [0.4, 0.5) is 17.8 Å². The van der Waals surface area contributed by atoms with Crippen molar-refractivity contribution in [2.24, 2.45) is 5.73 Å². The summed E-state index contributed by atoms with van der Waals surface area (Å²) in [6.45, 7) is 2.35. The summed E-state index contributed by atoms with van der Waals surface area (Å²) in [5.74, 6) is 1.30. The van der Waals surface area contributed by atoms with Crippen LogP contribution in [0.15, 0.2) is 0 Å². The van der Waals surface area contributed by atoms with E-state index >= 15 is 0 Å². The van der Waals surface area contributed by atoms with Gasteiger partial charge in [-0.3, -0.25) is 4.79 Å². The monoisotopic (exact) mass is 279 g/mol. The lowest BCUT2D eigenvalue weighted by atomic mass is 10.1. The molecule has 1 aliphatic heterocycles. The molecule has 1 aromatic rings. The van der Waals surface area contributed by atoms with Crippen molar-refractivity contribution in [1.29, 1.82) is 0 Å². The van der Waals surface area contributed by atoms with E-state index in [4.69, 9.17) is 5.73 Å². The molecule has 0 aromatic carbocycles. The fourth-order valence-electron chi connectivity index (χ4n) is 2.09. The molecule has 0 unspecified atom stereocenters. The Morgan fingerprint density at radius 2 is 1.90 bits per heavy atom. The summed E-state index contributed by atoms with van der Waals surface area (Å²) < 4.78 is 0. The summed E-state index contributed by atoms with van der Waals surface area (Å²) in [5, 5.41) is 5.93. The number of aromatic nitrogens is 3. The molecule has 0 aliphatic carbocycles. The summed E-state index contributed by atoms with van der Waals surface area (Å²) in [4.78, 5) is 25.9. The molecule has 2 rings (SSSR count). The Kier molecular flexibility index (Phi) is 4.91. The minimum atomic E-state index is -0.350. The second-order valence-electron chi connectivity index (χ2n) is 4.72. The number of carbonyl (C=O) groups excluding carboxylic acids is 1. The molecule has 110 valence electrons. The van der Waals surface area contributed by atoms with Gasteiger partial charge in [-0.15, -0.1) is 0 Å². The average molecular weight is 279 g/mol. The summed E-state index contributed by atoms with van der Waals surface area (Å²) in [6, 6.07) is 0. The van der Waals surface area contributed by atoms with Crippen LogP contribution in [0, 0.1) is 0 Å². The molecule has 8 heteroatoms. The zero-order valence-electron chi connectivity index (χ0n) is 11.7. The number of carbonyl (C=O) groups is 1. The van der Waals surface area contributed by atoms with Gasteiger partial charge >= 0.3 is 0 Å². The smallest absolute Gasteiger partial charge is 0.231 e. The highest BCUT2D eigenvalue weighted by Gasteiger charge is 2.15. The van der Waals surface area contributed by atoms with E-state index in [-0.39, 0.29) is 12.3 Å². The van der Waals surface area contributed by atoms with Gasteiger partial charge in [-0.25, -0.2) is 0 Å². The van der Waals surface area contributed by atoms with E-state index in [1.165, 1.54) is 6.42 Å². The maximum absolute atomic E-state index is 10.7. The van der Waals surface area contributed by atoms with Crippen molar-refractivity contribution < 1.29 is 4.79 Å². The Labute approximate surface area is 118 Å². The molecule has 1 aliphatic rings. The van der Waals surface area contributed by atoms with Crippen LogP contribution in [0.25, 0.3) is 0 Å². The third-order valence-corrected chi connectivity index (χ3v) is 3.14. The largest absolute Gasteiger partial charge is 0.370 e. The third kappa shape index (κ3) is 3.94. The number of rotatable bonds is 6. The standard InChI is InChI=1S/C12H21N7O/c1-14-10-16-11(15-6-5-9(13)20)18-12(17-10)19-7-3-2-4-8-19/h2-8H2,1H3,(H2,13,20)(H2,14,15,16,17,18). The quantitative estimate of drug-likeness (QED) is 0.682. The van der Waals surface area contributed by atoms with Crippen LogP contribution in [0.5, 0.6) is 0 Å². The lowest BCUT2D eigenvalue weighted by molar-refractivity contribution is -0.117. The average Bonchev–Trinajstić information content (AvgIpc) is 2.47. The van der Waals surface area contributed by atoms with Crippen LogP contribution in [0.2, 0.25) is 0 Å². The van der Waals surface area contributed by atoms with Crippen LogP contribution in [-0.2, 0) is 4.79 Å². The Bertz CT molecular complexity index is 459. The Hall–Kier alpha value is -2.12. The first-order valence-corrected chi connectivity index (χ1v) is 6.90. The molecule has 0 saturated carbocycles. The van der Waals surface area contributed by atoms with Gasteiger partial charge in [-0.05, 0) is 19.3 Å². The van der Waals surface area contributed by atoms with Crippen LogP contribution < -0.4 is 21.3 Å². The Balaban J connectivity index is 2.08. The number of piperidine rings is 1. The number of primary amides is 1. The number of anilines is 3. The molecule has 1 saturated heterocycles. The van der Waals surface area contributed by atoms with Gasteiger partial charge in [0.25, 0.3) is 0 Å². The van der Waals surface area contributed by atoms with E-state index in [1.54, 1.807) is 7.05 Å². The highest BCUT2D eigenvalue weighted by atomic mass is 16.1. The zero-order chi connectivity index (χ0) is 14.4. The van der Waals surface area contributed by atoms with E-state index in [0.717, 1.165) is 25.9 Å². The normalized spacial score (nSPS) is 14.9. The maximum atomic E-state index is 10.7. The summed E-state index contributed by atoms with van der Waals surface area (Å²) in [7, 11) is 1.77. The number of amides is 1. The maximum Gasteiger partial charge on any atom is 0.231 e. The van der Waals surface area contributed by atoms with E-state index in [0.29, 0.717) is 24.4 Å². The van der Waals surface area contributed by atoms with Gasteiger partial charge in [-0.1, -0.05) is 0 Å². The van der Waals surface area contributed by atoms with Gasteiger partial charge in [0.2, 0.25) is 23.8 Å². The third-order valence-electron chi connectivity index (χ3n) is 3.14.